The summed E-state index contributed by atoms with van der Waals surface area (Å²) in [6.07, 6.45) is 2.10. The highest BCUT2D eigenvalue weighted by molar-refractivity contribution is 6.01. The van der Waals surface area contributed by atoms with Gasteiger partial charge in [-0.05, 0) is 30.5 Å². The highest BCUT2D eigenvalue weighted by atomic mass is 16.3. The second kappa shape index (κ2) is 8.87. The zero-order valence-electron chi connectivity index (χ0n) is 16.2. The Morgan fingerprint density at radius 2 is 1.78 bits per heavy atom. The predicted molar refractivity (Wildman–Crippen MR) is 110 cm³/mol. The van der Waals surface area contributed by atoms with Gasteiger partial charge in [0.05, 0.1) is 6.61 Å². The number of aliphatic hydroxyl groups is 1. The number of fused-ring (bicyclic) bond motifs is 1. The maximum Gasteiger partial charge on any atom is 0.271 e. The van der Waals surface area contributed by atoms with E-state index in [1.54, 1.807) is 4.90 Å². The molecular formula is C23H28N2O2. The fourth-order valence-electron chi connectivity index (χ4n) is 3.63. The van der Waals surface area contributed by atoms with Gasteiger partial charge in [-0.1, -0.05) is 61.9 Å². The SMILES string of the molecule is CCCCn1c(C(=O)N(CCO)Cc2ccccc2)c(C)c2ccccc21. The third-order valence-electron chi connectivity index (χ3n) is 5.04. The van der Waals surface area contributed by atoms with Crippen LogP contribution in [0.1, 0.15) is 41.4 Å². The molecule has 1 aromatic heterocycles. The molecule has 0 radical (unpaired) electrons. The molecule has 3 aromatic rings. The van der Waals surface area contributed by atoms with Crippen molar-refractivity contribution in [3.8, 4) is 0 Å². The number of rotatable bonds is 8. The number of carbonyl (C=O) groups is 1. The van der Waals surface area contributed by atoms with Crippen LogP contribution in [0.25, 0.3) is 10.9 Å². The molecule has 0 fully saturated rings. The highest BCUT2D eigenvalue weighted by Crippen LogP contribution is 2.27. The molecule has 0 spiro atoms. The minimum absolute atomic E-state index is 0.0160. The molecule has 0 saturated carbocycles. The Labute approximate surface area is 161 Å². The van der Waals surface area contributed by atoms with E-state index in [-0.39, 0.29) is 12.5 Å². The van der Waals surface area contributed by atoms with Crippen molar-refractivity contribution >= 4 is 16.8 Å². The molecule has 0 unspecified atom stereocenters. The Morgan fingerprint density at radius 1 is 1.07 bits per heavy atom. The zero-order chi connectivity index (χ0) is 19.2. The molecule has 142 valence electrons. The van der Waals surface area contributed by atoms with Gasteiger partial charge in [0.2, 0.25) is 0 Å². The topological polar surface area (TPSA) is 45.5 Å². The van der Waals surface area contributed by atoms with Crippen LogP contribution < -0.4 is 0 Å². The van der Waals surface area contributed by atoms with Gasteiger partial charge in [-0.3, -0.25) is 4.79 Å². The average Bonchev–Trinajstić information content (AvgIpc) is 2.98. The maximum atomic E-state index is 13.5. The van der Waals surface area contributed by atoms with Gasteiger partial charge >= 0.3 is 0 Å². The lowest BCUT2D eigenvalue weighted by Gasteiger charge is -2.23. The van der Waals surface area contributed by atoms with Crippen LogP contribution in [0.2, 0.25) is 0 Å². The molecule has 1 amide bonds. The third kappa shape index (κ3) is 4.06. The monoisotopic (exact) mass is 364 g/mol. The van der Waals surface area contributed by atoms with Crippen molar-refractivity contribution in [2.45, 2.75) is 39.8 Å². The van der Waals surface area contributed by atoms with E-state index < -0.39 is 0 Å². The molecule has 2 aromatic carbocycles. The number of aromatic nitrogens is 1. The van der Waals surface area contributed by atoms with Crippen LogP contribution in [0.3, 0.4) is 0 Å². The first kappa shape index (κ1) is 19.2. The minimum Gasteiger partial charge on any atom is -0.395 e. The summed E-state index contributed by atoms with van der Waals surface area (Å²) >= 11 is 0. The van der Waals surface area contributed by atoms with E-state index in [0.29, 0.717) is 13.1 Å². The van der Waals surface area contributed by atoms with Gasteiger partial charge in [0.25, 0.3) is 5.91 Å². The number of hydrogen-bond donors (Lipinski definition) is 1. The number of aryl methyl sites for hydroxylation is 2. The molecule has 0 bridgehead atoms. The number of aliphatic hydroxyl groups excluding tert-OH is 1. The van der Waals surface area contributed by atoms with E-state index in [0.717, 1.165) is 47.1 Å². The summed E-state index contributed by atoms with van der Waals surface area (Å²) in [6.45, 7) is 5.78. The van der Waals surface area contributed by atoms with Crippen molar-refractivity contribution in [2.24, 2.45) is 0 Å². The summed E-state index contributed by atoms with van der Waals surface area (Å²) in [6, 6.07) is 18.1. The summed E-state index contributed by atoms with van der Waals surface area (Å²) in [5.41, 5.74) is 3.93. The summed E-state index contributed by atoms with van der Waals surface area (Å²) in [7, 11) is 0. The molecule has 4 heteroatoms. The molecule has 0 saturated heterocycles. The molecule has 27 heavy (non-hydrogen) atoms. The number of nitrogens with zero attached hydrogens (tertiary/aromatic N) is 2. The molecule has 0 aliphatic rings. The molecule has 1 heterocycles. The third-order valence-corrected chi connectivity index (χ3v) is 5.04. The van der Waals surface area contributed by atoms with Crippen LogP contribution in [-0.2, 0) is 13.1 Å². The van der Waals surface area contributed by atoms with E-state index in [1.165, 1.54) is 0 Å². The van der Waals surface area contributed by atoms with Crippen molar-refractivity contribution in [1.29, 1.82) is 0 Å². The van der Waals surface area contributed by atoms with Crippen LogP contribution in [-0.4, -0.2) is 33.6 Å². The number of hydrogen-bond acceptors (Lipinski definition) is 2. The normalized spacial score (nSPS) is 11.1. The smallest absolute Gasteiger partial charge is 0.271 e. The number of amides is 1. The summed E-state index contributed by atoms with van der Waals surface area (Å²) in [5, 5.41) is 10.7. The Hall–Kier alpha value is -2.59. The van der Waals surface area contributed by atoms with Crippen LogP contribution in [0.4, 0.5) is 0 Å². The van der Waals surface area contributed by atoms with E-state index >= 15 is 0 Å². The molecule has 1 N–H and O–H groups in total. The van der Waals surface area contributed by atoms with Crippen molar-refractivity contribution in [3.63, 3.8) is 0 Å². The molecular weight excluding hydrogens is 336 g/mol. The van der Waals surface area contributed by atoms with Gasteiger partial charge in [-0.25, -0.2) is 0 Å². The molecule has 3 rings (SSSR count). The van der Waals surface area contributed by atoms with Crippen molar-refractivity contribution in [3.05, 3.63) is 71.4 Å². The van der Waals surface area contributed by atoms with Gasteiger partial charge in [0, 0.05) is 30.5 Å². The lowest BCUT2D eigenvalue weighted by molar-refractivity contribution is 0.0696. The lowest BCUT2D eigenvalue weighted by Crippen LogP contribution is -2.35. The highest BCUT2D eigenvalue weighted by Gasteiger charge is 2.24. The average molecular weight is 364 g/mol. The maximum absolute atomic E-state index is 13.5. The van der Waals surface area contributed by atoms with Gasteiger partial charge < -0.3 is 14.6 Å². The minimum atomic E-state index is -0.0488. The van der Waals surface area contributed by atoms with E-state index in [4.69, 9.17) is 0 Å². The van der Waals surface area contributed by atoms with Gasteiger partial charge in [-0.15, -0.1) is 0 Å². The van der Waals surface area contributed by atoms with Gasteiger partial charge in [-0.2, -0.15) is 0 Å². The fourth-order valence-corrected chi connectivity index (χ4v) is 3.63. The Bertz CT molecular complexity index is 899. The van der Waals surface area contributed by atoms with Crippen molar-refractivity contribution < 1.29 is 9.90 Å². The second-order valence-electron chi connectivity index (χ2n) is 6.93. The predicted octanol–water partition coefficient (Wildman–Crippen LogP) is 4.38. The van der Waals surface area contributed by atoms with E-state index in [9.17, 15) is 9.90 Å². The number of para-hydroxylation sites is 1. The Balaban J connectivity index is 2.02. The van der Waals surface area contributed by atoms with Gasteiger partial charge in [0.1, 0.15) is 5.69 Å². The first-order chi connectivity index (χ1) is 13.2. The molecule has 0 aliphatic heterocycles. The Kier molecular flexibility index (Phi) is 6.30. The van der Waals surface area contributed by atoms with E-state index in [2.05, 4.69) is 23.6 Å². The number of benzene rings is 2. The summed E-state index contributed by atoms with van der Waals surface area (Å²) < 4.78 is 2.16. The molecule has 0 aliphatic carbocycles. The Morgan fingerprint density at radius 3 is 2.48 bits per heavy atom. The lowest BCUT2D eigenvalue weighted by atomic mass is 10.1. The first-order valence-corrected chi connectivity index (χ1v) is 9.69. The number of carbonyl (C=O) groups excluding carboxylic acids is 1. The second-order valence-corrected chi connectivity index (χ2v) is 6.93. The van der Waals surface area contributed by atoms with Crippen LogP contribution in [0, 0.1) is 6.92 Å². The number of unbranched alkanes of at least 4 members (excludes halogenated alkanes) is 1. The van der Waals surface area contributed by atoms with Gasteiger partial charge in [0.15, 0.2) is 0 Å². The summed E-state index contributed by atoms with van der Waals surface area (Å²) in [5.74, 6) is -0.0160. The van der Waals surface area contributed by atoms with Crippen molar-refractivity contribution in [2.75, 3.05) is 13.2 Å². The van der Waals surface area contributed by atoms with Crippen LogP contribution >= 0.6 is 0 Å². The van der Waals surface area contributed by atoms with E-state index in [1.807, 2.05) is 49.4 Å². The standard InChI is InChI=1S/C23H28N2O2/c1-3-4-14-25-21-13-9-8-12-20(21)18(2)22(25)23(27)24(15-16-26)17-19-10-6-5-7-11-19/h5-13,26H,3-4,14-17H2,1-2H3. The molecule has 4 nitrogen and oxygen atoms in total. The summed E-state index contributed by atoms with van der Waals surface area (Å²) in [4.78, 5) is 15.3. The molecule has 0 atom stereocenters. The largest absolute Gasteiger partial charge is 0.395 e. The quantitative estimate of drug-likeness (QED) is 0.644. The zero-order valence-corrected chi connectivity index (χ0v) is 16.2. The van der Waals surface area contributed by atoms with Crippen LogP contribution in [0.5, 0.6) is 0 Å². The fraction of sp³-hybridized carbons (Fsp3) is 0.348. The first-order valence-electron chi connectivity index (χ1n) is 9.69. The van der Waals surface area contributed by atoms with Crippen molar-refractivity contribution in [1.82, 2.24) is 9.47 Å². The van der Waals surface area contributed by atoms with Crippen LogP contribution in [0.15, 0.2) is 54.6 Å².